The molecule has 0 saturated carbocycles. The largest absolute Gasteiger partial charge is 0.394 e. The zero-order chi connectivity index (χ0) is 10.9. The van der Waals surface area contributed by atoms with Gasteiger partial charge >= 0.3 is 0 Å². The molecule has 1 rings (SSSR count). The Labute approximate surface area is 89.9 Å². The molecule has 5 nitrogen and oxygen atoms in total. The van der Waals surface area contributed by atoms with Gasteiger partial charge in [-0.05, 0) is 19.3 Å². The van der Waals surface area contributed by atoms with Crippen molar-refractivity contribution in [2.24, 2.45) is 0 Å². The van der Waals surface area contributed by atoms with Crippen molar-refractivity contribution in [2.75, 3.05) is 33.0 Å². The average molecular weight is 220 g/mol. The van der Waals surface area contributed by atoms with Crippen LogP contribution in [0, 0.1) is 0 Å². The average Bonchev–Trinajstić information content (AvgIpc) is 2.31. The Hall–Kier alpha value is -0.200. The van der Waals surface area contributed by atoms with Crippen molar-refractivity contribution in [2.45, 2.75) is 31.7 Å². The molecule has 1 atom stereocenters. The molecule has 0 spiro atoms. The molecule has 2 N–H and O–H groups in total. The first-order chi connectivity index (χ1) is 7.36. The van der Waals surface area contributed by atoms with E-state index in [1.54, 1.807) is 0 Å². The highest BCUT2D eigenvalue weighted by Crippen LogP contribution is 2.13. The van der Waals surface area contributed by atoms with Crippen LogP contribution in [-0.4, -0.2) is 55.6 Å². The molecule has 0 unspecified atom stereocenters. The summed E-state index contributed by atoms with van der Waals surface area (Å²) < 4.78 is 15.9. The fourth-order valence-corrected chi connectivity index (χ4v) is 1.40. The van der Waals surface area contributed by atoms with Crippen LogP contribution in [0.4, 0.5) is 0 Å². The van der Waals surface area contributed by atoms with Crippen molar-refractivity contribution in [3.05, 3.63) is 0 Å². The van der Waals surface area contributed by atoms with E-state index in [0.717, 1.165) is 25.9 Å². The highest BCUT2D eigenvalue weighted by molar-refractivity contribution is 4.55. The molecule has 1 aliphatic rings. The molecule has 0 aliphatic carbocycles. The zero-order valence-corrected chi connectivity index (χ0v) is 8.93. The molecular formula is C10H20O5. The van der Waals surface area contributed by atoms with Crippen molar-refractivity contribution < 1.29 is 24.4 Å². The van der Waals surface area contributed by atoms with Gasteiger partial charge < -0.3 is 24.4 Å². The maximum absolute atomic E-state index is 8.72. The van der Waals surface area contributed by atoms with Gasteiger partial charge in [-0.2, -0.15) is 0 Å². The summed E-state index contributed by atoms with van der Waals surface area (Å²) in [6.45, 7) is 1.22. The van der Waals surface area contributed by atoms with Gasteiger partial charge in [0.15, 0.2) is 6.29 Å². The van der Waals surface area contributed by atoms with Gasteiger partial charge in [-0.3, -0.25) is 0 Å². The Morgan fingerprint density at radius 1 is 1.20 bits per heavy atom. The smallest absolute Gasteiger partial charge is 0.157 e. The summed E-state index contributed by atoms with van der Waals surface area (Å²) in [5, 5.41) is 17.4. The SMILES string of the molecule is OCC(CO)OCCO[C@@H]1CCCCO1. The standard InChI is InChI=1S/C10H20O5/c11-7-9(8-12)13-5-6-15-10-3-1-2-4-14-10/h9-12H,1-8H2/t10-/m1/s1. The van der Waals surface area contributed by atoms with Crippen LogP contribution in [0.1, 0.15) is 19.3 Å². The Morgan fingerprint density at radius 2 is 2.00 bits per heavy atom. The quantitative estimate of drug-likeness (QED) is 0.586. The Balaban J connectivity index is 1.95. The van der Waals surface area contributed by atoms with Crippen LogP contribution in [0.15, 0.2) is 0 Å². The van der Waals surface area contributed by atoms with Crippen LogP contribution in [0.25, 0.3) is 0 Å². The van der Waals surface area contributed by atoms with E-state index in [0.29, 0.717) is 13.2 Å². The fourth-order valence-electron chi connectivity index (χ4n) is 1.40. The van der Waals surface area contributed by atoms with Crippen molar-refractivity contribution in [1.82, 2.24) is 0 Å². The minimum Gasteiger partial charge on any atom is -0.394 e. The summed E-state index contributed by atoms with van der Waals surface area (Å²) in [5.41, 5.74) is 0. The van der Waals surface area contributed by atoms with Crippen molar-refractivity contribution >= 4 is 0 Å². The van der Waals surface area contributed by atoms with Gasteiger partial charge in [-0.25, -0.2) is 0 Å². The summed E-state index contributed by atoms with van der Waals surface area (Å²) in [7, 11) is 0. The van der Waals surface area contributed by atoms with Crippen molar-refractivity contribution in [1.29, 1.82) is 0 Å². The molecule has 0 aromatic rings. The van der Waals surface area contributed by atoms with Gasteiger partial charge in [0.2, 0.25) is 0 Å². The minimum absolute atomic E-state index is 0.107. The first kappa shape index (κ1) is 12.9. The Kier molecular flexibility index (Phi) is 6.87. The maximum Gasteiger partial charge on any atom is 0.157 e. The third-order valence-electron chi connectivity index (χ3n) is 2.29. The highest BCUT2D eigenvalue weighted by atomic mass is 16.7. The Bertz CT molecular complexity index is 143. The predicted octanol–water partition coefficient (Wildman–Crippen LogP) is -0.101. The summed E-state index contributed by atoms with van der Waals surface area (Å²) >= 11 is 0. The van der Waals surface area contributed by atoms with E-state index in [4.69, 9.17) is 24.4 Å². The number of hydrogen-bond acceptors (Lipinski definition) is 5. The summed E-state index contributed by atoms with van der Waals surface area (Å²) in [4.78, 5) is 0. The monoisotopic (exact) mass is 220 g/mol. The van der Waals surface area contributed by atoms with Gasteiger partial charge in [-0.15, -0.1) is 0 Å². The van der Waals surface area contributed by atoms with E-state index in [1.807, 2.05) is 0 Å². The molecule has 0 amide bonds. The minimum atomic E-state index is -0.499. The normalized spacial score (nSPS) is 22.2. The molecule has 90 valence electrons. The second-order valence-corrected chi connectivity index (χ2v) is 3.52. The Morgan fingerprint density at radius 3 is 2.60 bits per heavy atom. The summed E-state index contributed by atoms with van der Waals surface area (Å²) in [6.07, 6.45) is 2.57. The van der Waals surface area contributed by atoms with Crippen molar-refractivity contribution in [3.63, 3.8) is 0 Å². The number of aliphatic hydroxyl groups excluding tert-OH is 2. The fraction of sp³-hybridized carbons (Fsp3) is 1.00. The summed E-state index contributed by atoms with van der Waals surface area (Å²) in [5.74, 6) is 0. The van der Waals surface area contributed by atoms with Gasteiger partial charge in [0, 0.05) is 6.61 Å². The molecule has 0 aromatic heterocycles. The van der Waals surface area contributed by atoms with Gasteiger partial charge in [0.25, 0.3) is 0 Å². The van der Waals surface area contributed by atoms with Crippen LogP contribution >= 0.6 is 0 Å². The second-order valence-electron chi connectivity index (χ2n) is 3.52. The molecule has 1 heterocycles. The van der Waals surface area contributed by atoms with Gasteiger partial charge in [-0.1, -0.05) is 0 Å². The van der Waals surface area contributed by atoms with Gasteiger partial charge in [0.05, 0.1) is 26.4 Å². The molecule has 0 radical (unpaired) electrons. The highest BCUT2D eigenvalue weighted by Gasteiger charge is 2.13. The van der Waals surface area contributed by atoms with Crippen LogP contribution in [0.5, 0.6) is 0 Å². The third kappa shape index (κ3) is 5.44. The molecule has 1 saturated heterocycles. The predicted molar refractivity (Wildman–Crippen MR) is 53.5 cm³/mol. The van der Waals surface area contributed by atoms with E-state index in [1.165, 1.54) is 0 Å². The van der Waals surface area contributed by atoms with Gasteiger partial charge in [0.1, 0.15) is 6.10 Å². The summed E-state index contributed by atoms with van der Waals surface area (Å²) in [6, 6.07) is 0. The van der Waals surface area contributed by atoms with Crippen LogP contribution in [0.2, 0.25) is 0 Å². The van der Waals surface area contributed by atoms with E-state index < -0.39 is 6.10 Å². The van der Waals surface area contributed by atoms with Crippen LogP contribution in [-0.2, 0) is 14.2 Å². The molecule has 5 heteroatoms. The molecular weight excluding hydrogens is 200 g/mol. The lowest BCUT2D eigenvalue weighted by atomic mass is 10.2. The lowest BCUT2D eigenvalue weighted by molar-refractivity contribution is -0.173. The van der Waals surface area contributed by atoms with E-state index in [9.17, 15) is 0 Å². The maximum atomic E-state index is 8.72. The molecule has 1 fully saturated rings. The topological polar surface area (TPSA) is 68.2 Å². The van der Waals surface area contributed by atoms with Crippen LogP contribution in [0.3, 0.4) is 0 Å². The molecule has 0 aromatic carbocycles. The van der Waals surface area contributed by atoms with Crippen molar-refractivity contribution in [3.8, 4) is 0 Å². The molecule has 15 heavy (non-hydrogen) atoms. The molecule has 1 aliphatic heterocycles. The number of rotatable bonds is 7. The zero-order valence-electron chi connectivity index (χ0n) is 8.93. The number of hydrogen-bond donors (Lipinski definition) is 2. The lowest BCUT2D eigenvalue weighted by Crippen LogP contribution is -2.27. The number of ether oxygens (including phenoxy) is 3. The number of aliphatic hydroxyl groups is 2. The third-order valence-corrected chi connectivity index (χ3v) is 2.29. The van der Waals surface area contributed by atoms with E-state index >= 15 is 0 Å². The van der Waals surface area contributed by atoms with Crippen LogP contribution < -0.4 is 0 Å². The first-order valence-electron chi connectivity index (χ1n) is 5.43. The van der Waals surface area contributed by atoms with E-state index in [-0.39, 0.29) is 19.5 Å². The lowest BCUT2D eigenvalue weighted by Gasteiger charge is -2.23. The first-order valence-corrected chi connectivity index (χ1v) is 5.43. The molecule has 0 bridgehead atoms. The van der Waals surface area contributed by atoms with E-state index in [2.05, 4.69) is 0 Å². The second kappa shape index (κ2) is 8.01.